The predicted molar refractivity (Wildman–Crippen MR) is 61.9 cm³/mol. The summed E-state index contributed by atoms with van der Waals surface area (Å²) >= 11 is 10.5. The molecule has 5 heteroatoms. The van der Waals surface area contributed by atoms with Gasteiger partial charge < -0.3 is 0 Å². The maximum Gasteiger partial charge on any atom is 0.181 e. The Bertz CT molecular complexity index is 356. The van der Waals surface area contributed by atoms with Gasteiger partial charge in [0.1, 0.15) is 5.82 Å². The first kappa shape index (κ1) is 11.4. The zero-order chi connectivity index (χ0) is 10.0. The number of halogens is 4. The molecule has 0 fully saturated rings. The molecule has 0 spiro atoms. The van der Waals surface area contributed by atoms with Crippen LogP contribution in [-0.4, -0.2) is 11.7 Å². The van der Waals surface area contributed by atoms with E-state index in [9.17, 15) is 9.18 Å². The Morgan fingerprint density at radius 2 is 2.23 bits per heavy atom. The van der Waals surface area contributed by atoms with Crippen LogP contribution >= 0.6 is 50.1 Å². The van der Waals surface area contributed by atoms with E-state index < -0.39 is 11.6 Å². The lowest BCUT2D eigenvalue weighted by atomic mass is 10.1. The fourth-order valence-corrected chi connectivity index (χ4v) is 1.98. The van der Waals surface area contributed by atoms with Crippen molar-refractivity contribution in [2.24, 2.45) is 0 Å². The predicted octanol–water partition coefficient (Wildman–Crippen LogP) is 3.61. The first-order valence-corrected chi connectivity index (χ1v) is 5.71. The van der Waals surface area contributed by atoms with E-state index >= 15 is 0 Å². The van der Waals surface area contributed by atoms with Crippen LogP contribution in [0, 0.1) is 9.39 Å². The molecule has 0 radical (unpaired) electrons. The van der Waals surface area contributed by atoms with E-state index in [1.54, 1.807) is 6.07 Å². The van der Waals surface area contributed by atoms with Gasteiger partial charge in [0.15, 0.2) is 5.78 Å². The zero-order valence-electron chi connectivity index (χ0n) is 6.28. The van der Waals surface area contributed by atoms with Gasteiger partial charge in [-0.25, -0.2) is 4.39 Å². The smallest absolute Gasteiger partial charge is 0.181 e. The summed E-state index contributed by atoms with van der Waals surface area (Å²) in [6, 6.07) is 2.84. The molecule has 13 heavy (non-hydrogen) atoms. The van der Waals surface area contributed by atoms with Gasteiger partial charge in [-0.1, -0.05) is 0 Å². The fourth-order valence-electron chi connectivity index (χ4n) is 0.849. The Kier molecular flexibility index (Phi) is 4.12. The number of ketones is 1. The summed E-state index contributed by atoms with van der Waals surface area (Å²) in [6.07, 6.45) is 0. The number of alkyl halides is 1. The van der Waals surface area contributed by atoms with Crippen LogP contribution in [0.4, 0.5) is 4.39 Å². The van der Waals surface area contributed by atoms with Crippen molar-refractivity contribution in [3.63, 3.8) is 0 Å². The van der Waals surface area contributed by atoms with Crippen LogP contribution in [0.15, 0.2) is 16.6 Å². The fraction of sp³-hybridized carbons (Fsp3) is 0.125. The number of carbonyl (C=O) groups is 1. The highest BCUT2D eigenvalue weighted by Gasteiger charge is 2.16. The minimum Gasteiger partial charge on any atom is -0.293 e. The first-order chi connectivity index (χ1) is 6.07. The van der Waals surface area contributed by atoms with Gasteiger partial charge in [-0.05, 0) is 50.7 Å². The molecular formula is C8H4BrClFIO. The molecule has 0 N–H and O–H groups in total. The second-order valence-electron chi connectivity index (χ2n) is 2.27. The SMILES string of the molecule is O=C(CCl)c1c(F)ccc(I)c1Br. The minimum atomic E-state index is -0.544. The van der Waals surface area contributed by atoms with Gasteiger partial charge in [0.25, 0.3) is 0 Å². The van der Waals surface area contributed by atoms with Gasteiger partial charge in [0.05, 0.1) is 11.4 Å². The van der Waals surface area contributed by atoms with E-state index in [2.05, 4.69) is 15.9 Å². The number of benzene rings is 1. The van der Waals surface area contributed by atoms with E-state index in [0.29, 0.717) is 4.47 Å². The van der Waals surface area contributed by atoms with E-state index in [1.807, 2.05) is 22.6 Å². The summed E-state index contributed by atoms with van der Waals surface area (Å²) in [5.41, 5.74) is 0.0295. The molecule has 0 aliphatic heterocycles. The Morgan fingerprint density at radius 3 is 2.77 bits per heavy atom. The molecule has 0 saturated heterocycles. The molecular weight excluding hydrogens is 373 g/mol. The molecule has 1 aromatic rings. The Morgan fingerprint density at radius 1 is 1.62 bits per heavy atom. The number of rotatable bonds is 2. The van der Waals surface area contributed by atoms with Crippen LogP contribution in [0.5, 0.6) is 0 Å². The molecule has 0 aliphatic carbocycles. The molecule has 70 valence electrons. The van der Waals surface area contributed by atoms with Crippen LogP contribution in [0.25, 0.3) is 0 Å². The van der Waals surface area contributed by atoms with Crippen molar-refractivity contribution in [2.45, 2.75) is 0 Å². The molecule has 1 rings (SSSR count). The molecule has 0 saturated carbocycles. The van der Waals surface area contributed by atoms with E-state index in [4.69, 9.17) is 11.6 Å². The Balaban J connectivity index is 3.33. The number of carbonyl (C=O) groups excluding carboxylic acids is 1. The summed E-state index contributed by atoms with van der Waals surface area (Å²) in [5.74, 6) is -1.17. The highest BCUT2D eigenvalue weighted by Crippen LogP contribution is 2.26. The monoisotopic (exact) mass is 376 g/mol. The van der Waals surface area contributed by atoms with Crippen molar-refractivity contribution >= 4 is 55.9 Å². The molecule has 0 amide bonds. The standard InChI is InChI=1S/C8H4BrClFIO/c9-8-5(12)2-1-4(11)7(8)6(13)3-10/h1-2H,3H2. The lowest BCUT2D eigenvalue weighted by Crippen LogP contribution is -2.05. The normalized spacial score (nSPS) is 10.2. The highest BCUT2D eigenvalue weighted by atomic mass is 127. The molecule has 1 nitrogen and oxygen atoms in total. The van der Waals surface area contributed by atoms with Gasteiger partial charge in [0, 0.05) is 8.04 Å². The van der Waals surface area contributed by atoms with Crippen molar-refractivity contribution in [1.82, 2.24) is 0 Å². The third kappa shape index (κ3) is 2.41. The Labute approximate surface area is 102 Å². The average Bonchev–Trinajstić information content (AvgIpc) is 2.12. The molecule has 0 unspecified atom stereocenters. The second kappa shape index (κ2) is 4.70. The van der Waals surface area contributed by atoms with E-state index in [1.165, 1.54) is 6.07 Å². The quantitative estimate of drug-likeness (QED) is 0.333. The lowest BCUT2D eigenvalue weighted by Gasteiger charge is -2.04. The number of Topliss-reactive ketones (excluding diaryl/α,β-unsaturated/α-hetero) is 1. The van der Waals surface area contributed by atoms with Gasteiger partial charge in [0.2, 0.25) is 0 Å². The molecule has 0 aliphatic rings. The van der Waals surface area contributed by atoms with Crippen LogP contribution in [0.3, 0.4) is 0 Å². The number of hydrogen-bond donors (Lipinski definition) is 0. The van der Waals surface area contributed by atoms with E-state index in [0.717, 1.165) is 3.57 Å². The molecule has 0 bridgehead atoms. The van der Waals surface area contributed by atoms with Gasteiger partial charge in [-0.2, -0.15) is 0 Å². The summed E-state index contributed by atoms with van der Waals surface area (Å²) in [6.45, 7) is 0. The molecule has 1 aromatic carbocycles. The largest absolute Gasteiger partial charge is 0.293 e. The van der Waals surface area contributed by atoms with Gasteiger partial charge in [-0.15, -0.1) is 11.6 Å². The third-order valence-electron chi connectivity index (χ3n) is 1.44. The maximum atomic E-state index is 13.2. The molecule has 0 aromatic heterocycles. The number of hydrogen-bond acceptors (Lipinski definition) is 1. The van der Waals surface area contributed by atoms with Gasteiger partial charge >= 0.3 is 0 Å². The summed E-state index contributed by atoms with van der Waals surface area (Å²) in [4.78, 5) is 11.2. The van der Waals surface area contributed by atoms with Crippen LogP contribution < -0.4 is 0 Å². The second-order valence-corrected chi connectivity index (χ2v) is 4.50. The molecule has 0 heterocycles. The van der Waals surface area contributed by atoms with Crippen molar-refractivity contribution in [3.05, 3.63) is 31.6 Å². The summed E-state index contributed by atoms with van der Waals surface area (Å²) in [5, 5.41) is 0. The van der Waals surface area contributed by atoms with Crippen molar-refractivity contribution < 1.29 is 9.18 Å². The molecule has 0 atom stereocenters. The summed E-state index contributed by atoms with van der Waals surface area (Å²) < 4.78 is 14.4. The third-order valence-corrected chi connectivity index (χ3v) is 4.15. The highest BCUT2D eigenvalue weighted by molar-refractivity contribution is 14.1. The summed E-state index contributed by atoms with van der Waals surface area (Å²) in [7, 11) is 0. The van der Waals surface area contributed by atoms with Crippen molar-refractivity contribution in [2.75, 3.05) is 5.88 Å². The van der Waals surface area contributed by atoms with Crippen molar-refractivity contribution in [1.29, 1.82) is 0 Å². The van der Waals surface area contributed by atoms with Crippen LogP contribution in [0.1, 0.15) is 10.4 Å². The maximum absolute atomic E-state index is 13.2. The van der Waals surface area contributed by atoms with Crippen LogP contribution in [0.2, 0.25) is 0 Å². The minimum absolute atomic E-state index is 0.0295. The van der Waals surface area contributed by atoms with Gasteiger partial charge in [-0.3, -0.25) is 4.79 Å². The zero-order valence-corrected chi connectivity index (χ0v) is 10.8. The first-order valence-electron chi connectivity index (χ1n) is 3.30. The Hall–Kier alpha value is 0.320. The topological polar surface area (TPSA) is 17.1 Å². The average molecular weight is 377 g/mol. The van der Waals surface area contributed by atoms with Crippen molar-refractivity contribution in [3.8, 4) is 0 Å². The lowest BCUT2D eigenvalue weighted by molar-refractivity contribution is 0.101. The van der Waals surface area contributed by atoms with Crippen LogP contribution in [-0.2, 0) is 0 Å². The van der Waals surface area contributed by atoms with E-state index in [-0.39, 0.29) is 11.4 Å².